The predicted octanol–water partition coefficient (Wildman–Crippen LogP) is 23.7. The lowest BCUT2D eigenvalue weighted by Gasteiger charge is -2.25. The molecule has 0 aromatic heterocycles. The van der Waals surface area contributed by atoms with Gasteiger partial charge in [0.2, 0.25) is 5.91 Å². The highest BCUT2D eigenvalue weighted by Crippen LogP contribution is 2.43. The van der Waals surface area contributed by atoms with Gasteiger partial charge in [0.15, 0.2) is 0 Å². The van der Waals surface area contributed by atoms with Gasteiger partial charge in [-0.25, -0.2) is 4.57 Å². The minimum atomic E-state index is -4.35. The molecule has 9 heteroatoms. The lowest BCUT2D eigenvalue weighted by atomic mass is 10.0. The summed E-state index contributed by atoms with van der Waals surface area (Å²) in [7, 11) is 1.60. The fraction of sp³-hybridized carbons (Fsp3) is 0.959. The van der Waals surface area contributed by atoms with E-state index in [2.05, 4.69) is 19.2 Å². The molecule has 0 radical (unpaired) electrons. The van der Waals surface area contributed by atoms with Crippen LogP contribution < -0.4 is 5.32 Å². The number of carbonyl (C=O) groups is 1. The summed E-state index contributed by atoms with van der Waals surface area (Å²) in [5, 5.41) is 14.0. The molecule has 0 aliphatic carbocycles. The number of carbonyl (C=O) groups excluding carboxylic acids is 1. The van der Waals surface area contributed by atoms with Crippen LogP contribution in [0.5, 0.6) is 0 Å². The van der Waals surface area contributed by atoms with Gasteiger partial charge in [0, 0.05) is 6.42 Å². The Morgan fingerprint density at radius 1 is 0.402 bits per heavy atom. The molecule has 3 unspecified atom stereocenters. The zero-order valence-corrected chi connectivity index (χ0v) is 57.2. The van der Waals surface area contributed by atoms with E-state index >= 15 is 0 Å². The van der Waals surface area contributed by atoms with Gasteiger partial charge in [0.25, 0.3) is 0 Å². The Kier molecular flexibility index (Phi) is 64.1. The first-order valence-corrected chi connectivity index (χ1v) is 38.6. The lowest BCUT2D eigenvalue weighted by Crippen LogP contribution is -2.45. The summed E-state index contributed by atoms with van der Waals surface area (Å²) in [6, 6.07) is -0.844. The summed E-state index contributed by atoms with van der Waals surface area (Å²) in [5.74, 6) is -0.166. The minimum absolute atomic E-state index is 0.0655. The van der Waals surface area contributed by atoms with Crippen molar-refractivity contribution >= 4 is 13.7 Å². The highest BCUT2D eigenvalue weighted by atomic mass is 31.2. The third kappa shape index (κ3) is 66.8. The third-order valence-corrected chi connectivity index (χ3v) is 18.5. The number of phosphoric acid groups is 1. The molecule has 0 fully saturated rings. The molecule has 0 bridgehead atoms. The summed E-state index contributed by atoms with van der Waals surface area (Å²) < 4.78 is 23.8. The first kappa shape index (κ1) is 81.2. The highest BCUT2D eigenvalue weighted by molar-refractivity contribution is 7.47. The van der Waals surface area contributed by atoms with Crippen LogP contribution in [0.3, 0.4) is 0 Å². The maximum atomic E-state index is 13.1. The maximum absolute atomic E-state index is 13.1. The van der Waals surface area contributed by atoms with Crippen LogP contribution in [0.25, 0.3) is 0 Å². The lowest BCUT2D eigenvalue weighted by molar-refractivity contribution is -0.870. The van der Waals surface area contributed by atoms with Crippen molar-refractivity contribution < 1.29 is 32.9 Å². The van der Waals surface area contributed by atoms with Crippen molar-refractivity contribution in [2.45, 2.75) is 411 Å². The molecule has 0 aromatic rings. The number of aliphatic hydroxyl groups excluding tert-OH is 1. The zero-order chi connectivity index (χ0) is 59.8. The topological polar surface area (TPSA) is 105 Å². The van der Waals surface area contributed by atoms with Crippen molar-refractivity contribution in [2.75, 3.05) is 40.9 Å². The van der Waals surface area contributed by atoms with Crippen LogP contribution in [0.1, 0.15) is 399 Å². The second kappa shape index (κ2) is 64.7. The standard InChI is InChI=1S/C73H147N2O6P/c1-6-8-10-12-14-16-18-20-22-24-26-28-30-31-32-33-34-35-36-37-38-39-40-41-42-43-45-47-49-51-53-55-57-59-61-63-65-67-73(77)74-71(70-81-82(78,79)80-69-68-75(3,4)5)72(76)66-64-62-60-58-56-54-52-50-48-46-44-29-27-25-23-21-19-17-15-13-11-9-7-2/h64,66,71-72,76H,6-63,65,67-70H2,1-5H3,(H-,74,77,78,79)/p+1/b66-64+. The number of likely N-dealkylation sites (N-methyl/N-ethyl adjacent to an activating group) is 1. The van der Waals surface area contributed by atoms with Crippen LogP contribution in [0, 0.1) is 0 Å². The Morgan fingerprint density at radius 3 is 0.902 bits per heavy atom. The van der Waals surface area contributed by atoms with Crippen molar-refractivity contribution in [1.82, 2.24) is 5.32 Å². The number of amides is 1. The molecule has 8 nitrogen and oxygen atoms in total. The van der Waals surface area contributed by atoms with E-state index in [1.807, 2.05) is 27.2 Å². The van der Waals surface area contributed by atoms with E-state index in [1.165, 1.54) is 347 Å². The van der Waals surface area contributed by atoms with E-state index in [0.29, 0.717) is 17.4 Å². The second-order valence-corrected chi connectivity index (χ2v) is 28.5. The summed E-state index contributed by atoms with van der Waals surface area (Å²) in [4.78, 5) is 23.4. The SMILES string of the molecule is CCCCCCCCCCCCCCCCCCCCCCC/C=C/C(O)C(COP(=O)(O)OCC[N+](C)(C)C)NC(=O)CCCCCCCCCCCCCCCCCCCCCCCCCCCCCCCCCCCCCCC. The predicted molar refractivity (Wildman–Crippen MR) is 360 cm³/mol. The number of allylic oxidation sites excluding steroid dienone is 1. The molecule has 0 heterocycles. The zero-order valence-electron chi connectivity index (χ0n) is 56.3. The van der Waals surface area contributed by atoms with Crippen molar-refractivity contribution in [3.05, 3.63) is 12.2 Å². The molecule has 3 N–H and O–H groups in total. The van der Waals surface area contributed by atoms with Gasteiger partial charge in [-0.2, -0.15) is 0 Å². The van der Waals surface area contributed by atoms with Crippen LogP contribution in [0.15, 0.2) is 12.2 Å². The van der Waals surface area contributed by atoms with Crippen molar-refractivity contribution in [1.29, 1.82) is 0 Å². The quantitative estimate of drug-likeness (QED) is 0.0243. The average Bonchev–Trinajstić information content (AvgIpc) is 3.47. The van der Waals surface area contributed by atoms with E-state index in [-0.39, 0.29) is 19.1 Å². The molecule has 0 spiro atoms. The van der Waals surface area contributed by atoms with Gasteiger partial charge in [0.05, 0.1) is 39.9 Å². The normalized spacial score (nSPS) is 13.6. The number of hydrogen-bond acceptors (Lipinski definition) is 5. The van der Waals surface area contributed by atoms with Gasteiger partial charge in [-0.1, -0.05) is 386 Å². The number of phosphoric ester groups is 1. The van der Waals surface area contributed by atoms with E-state index in [0.717, 1.165) is 32.1 Å². The largest absolute Gasteiger partial charge is 0.472 e. The smallest absolute Gasteiger partial charge is 0.387 e. The molecule has 82 heavy (non-hydrogen) atoms. The van der Waals surface area contributed by atoms with Gasteiger partial charge < -0.3 is 19.8 Å². The number of nitrogens with one attached hydrogen (secondary N) is 1. The number of hydrogen-bond donors (Lipinski definition) is 3. The van der Waals surface area contributed by atoms with Gasteiger partial charge in [0.1, 0.15) is 13.2 Å². The van der Waals surface area contributed by atoms with Crippen LogP contribution in [0.4, 0.5) is 0 Å². The Labute approximate surface area is 513 Å². The van der Waals surface area contributed by atoms with Gasteiger partial charge in [-0.3, -0.25) is 13.8 Å². The Bertz CT molecular complexity index is 1340. The van der Waals surface area contributed by atoms with Gasteiger partial charge in [-0.05, 0) is 19.3 Å². The molecular formula is C73H148N2O6P+. The molecule has 0 saturated carbocycles. The third-order valence-electron chi connectivity index (χ3n) is 17.5. The molecule has 3 atom stereocenters. The number of quaternary nitrogens is 1. The molecule has 490 valence electrons. The second-order valence-electron chi connectivity index (χ2n) is 27.0. The van der Waals surface area contributed by atoms with E-state index in [9.17, 15) is 19.4 Å². The number of rotatable bonds is 70. The molecule has 0 saturated heterocycles. The van der Waals surface area contributed by atoms with E-state index in [4.69, 9.17) is 9.05 Å². The fourth-order valence-corrected chi connectivity index (χ4v) is 12.5. The van der Waals surface area contributed by atoms with Gasteiger partial charge >= 0.3 is 7.82 Å². The highest BCUT2D eigenvalue weighted by Gasteiger charge is 2.28. The summed E-state index contributed by atoms with van der Waals surface area (Å²) in [5.41, 5.74) is 0. The van der Waals surface area contributed by atoms with Crippen LogP contribution in [-0.2, 0) is 18.4 Å². The molecule has 0 aromatic carbocycles. The Morgan fingerprint density at radius 2 is 0.646 bits per heavy atom. The van der Waals surface area contributed by atoms with Crippen LogP contribution in [0.2, 0.25) is 0 Å². The molecule has 0 aliphatic rings. The molecular weight excluding hydrogens is 1030 g/mol. The molecule has 0 rings (SSSR count). The summed E-state index contributed by atoms with van der Waals surface area (Å²) >= 11 is 0. The van der Waals surface area contributed by atoms with Crippen LogP contribution in [-0.4, -0.2) is 73.4 Å². The monoisotopic (exact) mass is 1180 g/mol. The fourth-order valence-electron chi connectivity index (χ4n) is 11.8. The first-order chi connectivity index (χ1) is 40.0. The molecule has 0 aliphatic heterocycles. The van der Waals surface area contributed by atoms with Gasteiger partial charge in [-0.15, -0.1) is 0 Å². The minimum Gasteiger partial charge on any atom is -0.387 e. The number of aliphatic hydroxyl groups is 1. The first-order valence-electron chi connectivity index (χ1n) is 37.1. The van der Waals surface area contributed by atoms with E-state index in [1.54, 1.807) is 6.08 Å². The van der Waals surface area contributed by atoms with Crippen molar-refractivity contribution in [2.24, 2.45) is 0 Å². The summed E-state index contributed by atoms with van der Waals surface area (Å²) in [6.07, 6.45) is 83.9. The van der Waals surface area contributed by atoms with E-state index < -0.39 is 20.0 Å². The Balaban J connectivity index is 3.93. The molecule has 1 amide bonds. The van der Waals surface area contributed by atoms with Crippen molar-refractivity contribution in [3.8, 4) is 0 Å². The number of nitrogens with zero attached hydrogens (tertiary/aromatic N) is 1. The average molecular weight is 1180 g/mol. The Hall–Kier alpha value is -0.760. The number of unbranched alkanes of at least 4 members (excludes halogenated alkanes) is 57. The van der Waals surface area contributed by atoms with Crippen molar-refractivity contribution in [3.63, 3.8) is 0 Å². The summed E-state index contributed by atoms with van der Waals surface area (Å²) in [6.45, 7) is 4.89. The maximum Gasteiger partial charge on any atom is 0.472 e. The van der Waals surface area contributed by atoms with Crippen LogP contribution >= 0.6 is 7.82 Å².